The van der Waals surface area contributed by atoms with Crippen LogP contribution in [-0.2, 0) is 0 Å². The van der Waals surface area contributed by atoms with E-state index in [0.29, 0.717) is 11.6 Å². The molecule has 0 bridgehead atoms. The van der Waals surface area contributed by atoms with Crippen molar-refractivity contribution >= 4 is 32.3 Å². The van der Waals surface area contributed by atoms with E-state index in [-0.39, 0.29) is 0 Å². The van der Waals surface area contributed by atoms with Crippen molar-refractivity contribution in [1.82, 2.24) is 24.9 Å². The summed E-state index contributed by atoms with van der Waals surface area (Å²) >= 11 is 0. The summed E-state index contributed by atoms with van der Waals surface area (Å²) in [5.74, 6) is 1.34. The number of hydrogen-bond donors (Lipinski definition) is 0. The molecule has 0 amide bonds. The Hall–Kier alpha value is -5.55. The highest BCUT2D eigenvalue weighted by molar-refractivity contribution is 6.27. The van der Waals surface area contributed by atoms with Gasteiger partial charge in [-0.2, -0.15) is 0 Å². The fourth-order valence-electron chi connectivity index (χ4n) is 5.77. The van der Waals surface area contributed by atoms with Crippen molar-refractivity contribution in [3.63, 3.8) is 0 Å². The molecule has 0 radical (unpaired) electrons. The summed E-state index contributed by atoms with van der Waals surface area (Å²) in [6, 6.07) is 32.0. The molecule has 0 aliphatic heterocycles. The Morgan fingerprint density at radius 1 is 0.375 bits per heavy atom. The summed E-state index contributed by atoms with van der Waals surface area (Å²) in [4.78, 5) is 22.3. The lowest BCUT2D eigenvalue weighted by Gasteiger charge is -2.17. The molecule has 0 saturated carbocycles. The summed E-state index contributed by atoms with van der Waals surface area (Å²) in [7, 11) is 0. The number of pyridine rings is 1. The van der Waals surface area contributed by atoms with Crippen LogP contribution in [0.25, 0.3) is 77.3 Å². The Bertz CT molecular complexity index is 2090. The topological polar surface area (TPSA) is 64.5 Å². The van der Waals surface area contributed by atoms with E-state index >= 15 is 0 Å². The molecule has 186 valence electrons. The molecule has 0 fully saturated rings. The summed E-state index contributed by atoms with van der Waals surface area (Å²) in [6.45, 7) is 0. The third kappa shape index (κ3) is 3.60. The van der Waals surface area contributed by atoms with E-state index in [9.17, 15) is 0 Å². The van der Waals surface area contributed by atoms with Crippen LogP contribution in [0.5, 0.6) is 0 Å². The molecule has 3 heterocycles. The Kier molecular flexibility index (Phi) is 5.07. The molecule has 3 aromatic heterocycles. The first-order valence-corrected chi connectivity index (χ1v) is 13.1. The molecule has 5 nitrogen and oxygen atoms in total. The summed E-state index contributed by atoms with van der Waals surface area (Å²) in [5, 5.41) is 7.44. The normalized spacial score (nSPS) is 11.5. The first kappa shape index (κ1) is 22.4. The smallest absolute Gasteiger partial charge is 0.159 e. The van der Waals surface area contributed by atoms with E-state index in [1.807, 2.05) is 24.5 Å². The highest BCUT2D eigenvalue weighted by atomic mass is 14.9. The van der Waals surface area contributed by atoms with Gasteiger partial charge in [-0.15, -0.1) is 0 Å². The first-order valence-electron chi connectivity index (χ1n) is 13.1. The van der Waals surface area contributed by atoms with Gasteiger partial charge in [0, 0.05) is 48.3 Å². The maximum atomic E-state index is 4.53. The van der Waals surface area contributed by atoms with Crippen LogP contribution >= 0.6 is 0 Å². The molecule has 0 spiro atoms. The van der Waals surface area contributed by atoms with Gasteiger partial charge in [-0.1, -0.05) is 48.5 Å². The minimum atomic E-state index is 0.668. The standard InChI is InChI=1S/C35H21N5/c1-13-37-34(38-14-1)26-19-25(20-27(21-26)35-39-15-2-16-40-35)29-8-4-24-5-9-30-28(22-11-17-36-18-12-22)7-3-23-6-10-31(29)33(24)32(23)30/h1-21H. The van der Waals surface area contributed by atoms with Gasteiger partial charge < -0.3 is 0 Å². The van der Waals surface area contributed by atoms with Gasteiger partial charge in [-0.25, -0.2) is 19.9 Å². The lowest BCUT2D eigenvalue weighted by Crippen LogP contribution is -1.93. The van der Waals surface area contributed by atoms with Crippen molar-refractivity contribution < 1.29 is 0 Å². The second-order valence-electron chi connectivity index (χ2n) is 9.83. The lowest BCUT2D eigenvalue weighted by atomic mass is 9.87. The predicted octanol–water partition coefficient (Wildman–Crippen LogP) is 8.23. The van der Waals surface area contributed by atoms with E-state index in [4.69, 9.17) is 0 Å². The van der Waals surface area contributed by atoms with Gasteiger partial charge in [0.05, 0.1) is 0 Å². The van der Waals surface area contributed by atoms with Crippen LogP contribution in [0.15, 0.2) is 128 Å². The van der Waals surface area contributed by atoms with Crippen LogP contribution in [0.1, 0.15) is 0 Å². The van der Waals surface area contributed by atoms with Gasteiger partial charge in [0.2, 0.25) is 0 Å². The molecule has 0 N–H and O–H groups in total. The average Bonchev–Trinajstić information content (AvgIpc) is 3.04. The monoisotopic (exact) mass is 511 g/mol. The highest BCUT2D eigenvalue weighted by Gasteiger charge is 2.16. The number of nitrogens with zero attached hydrogens (tertiary/aromatic N) is 5. The molecular weight excluding hydrogens is 490 g/mol. The fraction of sp³-hybridized carbons (Fsp3) is 0. The largest absolute Gasteiger partial charge is 0.265 e. The first-order chi connectivity index (χ1) is 19.8. The van der Waals surface area contributed by atoms with Crippen LogP contribution in [0.4, 0.5) is 0 Å². The van der Waals surface area contributed by atoms with Crippen molar-refractivity contribution in [1.29, 1.82) is 0 Å². The SMILES string of the molecule is c1cnc(-c2cc(-c3ncccn3)cc(-c3ccc4ccc5c(-c6ccncc6)ccc6ccc3c4c65)c2)nc1. The number of aromatic nitrogens is 5. The average molecular weight is 512 g/mol. The van der Waals surface area contributed by atoms with Gasteiger partial charge in [0.25, 0.3) is 0 Å². The number of rotatable bonds is 4. The Morgan fingerprint density at radius 2 is 0.825 bits per heavy atom. The van der Waals surface area contributed by atoms with E-state index in [2.05, 4.69) is 104 Å². The minimum absolute atomic E-state index is 0.668. The van der Waals surface area contributed by atoms with Crippen molar-refractivity contribution in [3.05, 3.63) is 128 Å². The maximum absolute atomic E-state index is 4.53. The molecule has 8 rings (SSSR count). The third-order valence-corrected chi connectivity index (χ3v) is 7.55. The van der Waals surface area contributed by atoms with E-state index < -0.39 is 0 Å². The van der Waals surface area contributed by atoms with Crippen molar-refractivity contribution in [2.24, 2.45) is 0 Å². The minimum Gasteiger partial charge on any atom is -0.265 e. The summed E-state index contributed by atoms with van der Waals surface area (Å²) in [5.41, 5.74) is 6.43. The zero-order chi connectivity index (χ0) is 26.5. The van der Waals surface area contributed by atoms with Crippen LogP contribution < -0.4 is 0 Å². The molecule has 0 unspecified atom stereocenters. The molecule has 0 aliphatic carbocycles. The van der Waals surface area contributed by atoms with E-state index in [0.717, 1.165) is 27.8 Å². The van der Waals surface area contributed by atoms with E-state index in [1.165, 1.54) is 37.9 Å². The van der Waals surface area contributed by atoms with Crippen LogP contribution in [0.3, 0.4) is 0 Å². The second-order valence-corrected chi connectivity index (χ2v) is 9.83. The van der Waals surface area contributed by atoms with Crippen molar-refractivity contribution in [3.8, 4) is 45.0 Å². The fourth-order valence-corrected chi connectivity index (χ4v) is 5.77. The van der Waals surface area contributed by atoms with E-state index in [1.54, 1.807) is 24.8 Å². The Balaban J connectivity index is 1.41. The molecule has 5 heteroatoms. The van der Waals surface area contributed by atoms with Gasteiger partial charge in [0.15, 0.2) is 11.6 Å². The van der Waals surface area contributed by atoms with Crippen molar-refractivity contribution in [2.45, 2.75) is 0 Å². The number of hydrogen-bond acceptors (Lipinski definition) is 5. The molecule has 0 atom stereocenters. The van der Waals surface area contributed by atoms with Crippen LogP contribution in [0.2, 0.25) is 0 Å². The molecule has 8 aromatic rings. The second kappa shape index (κ2) is 9.03. The molecule has 0 saturated heterocycles. The Morgan fingerprint density at radius 3 is 1.35 bits per heavy atom. The third-order valence-electron chi connectivity index (χ3n) is 7.55. The highest BCUT2D eigenvalue weighted by Crippen LogP contribution is 2.43. The van der Waals surface area contributed by atoms with Crippen LogP contribution in [0, 0.1) is 0 Å². The zero-order valence-electron chi connectivity index (χ0n) is 21.4. The van der Waals surface area contributed by atoms with Crippen LogP contribution in [-0.4, -0.2) is 24.9 Å². The number of benzene rings is 5. The molecule has 5 aromatic carbocycles. The molecule has 40 heavy (non-hydrogen) atoms. The summed E-state index contributed by atoms with van der Waals surface area (Å²) < 4.78 is 0. The van der Waals surface area contributed by atoms with Gasteiger partial charge in [-0.3, -0.25) is 4.98 Å². The van der Waals surface area contributed by atoms with Crippen molar-refractivity contribution in [2.75, 3.05) is 0 Å². The van der Waals surface area contributed by atoms with Gasteiger partial charge >= 0.3 is 0 Å². The zero-order valence-corrected chi connectivity index (χ0v) is 21.4. The summed E-state index contributed by atoms with van der Waals surface area (Å²) in [6.07, 6.45) is 10.8. The van der Waals surface area contributed by atoms with Gasteiger partial charge in [0.1, 0.15) is 0 Å². The predicted molar refractivity (Wildman–Crippen MR) is 161 cm³/mol. The van der Waals surface area contributed by atoms with Gasteiger partial charge in [-0.05, 0) is 97.0 Å². The maximum Gasteiger partial charge on any atom is 0.159 e. The molecular formula is C35H21N5. The lowest BCUT2D eigenvalue weighted by molar-refractivity contribution is 1.16. The quantitative estimate of drug-likeness (QED) is 0.223. The molecule has 0 aliphatic rings. The Labute approximate surface area is 230 Å².